The molecule has 4 nitrogen and oxygen atoms in total. The maximum Gasteiger partial charge on any atom is 0.222 e. The Morgan fingerprint density at radius 1 is 1.11 bits per heavy atom. The van der Waals surface area contributed by atoms with Gasteiger partial charge in [0.1, 0.15) is 5.82 Å². The number of carbonyl (C=O) groups excluding carboxylic acids is 1. The number of pyridine rings is 1. The Labute approximate surface area is 166 Å². The number of piperidine rings is 2. The van der Waals surface area contributed by atoms with E-state index in [0.29, 0.717) is 13.0 Å². The minimum Gasteiger partial charge on any atom is -0.338 e. The lowest BCUT2D eigenvalue weighted by molar-refractivity contribution is -0.140. The molecule has 2 aliphatic heterocycles. The molecule has 1 amide bonds. The number of hydrogen-bond acceptors (Lipinski definition) is 3. The van der Waals surface area contributed by atoms with E-state index < -0.39 is 0 Å². The highest BCUT2D eigenvalue weighted by molar-refractivity contribution is 5.77. The number of halogens is 1. The third kappa shape index (κ3) is 4.41. The van der Waals surface area contributed by atoms with Crippen molar-refractivity contribution in [3.8, 4) is 0 Å². The summed E-state index contributed by atoms with van der Waals surface area (Å²) >= 11 is 0. The molecule has 0 atom stereocenters. The number of benzene rings is 1. The van der Waals surface area contributed by atoms with E-state index >= 15 is 0 Å². The number of nitrogens with zero attached hydrogens (tertiary/aromatic N) is 3. The van der Waals surface area contributed by atoms with E-state index in [1.807, 2.05) is 30.2 Å². The Hall–Kier alpha value is -2.27. The minimum atomic E-state index is -0.152. The van der Waals surface area contributed by atoms with Crippen molar-refractivity contribution in [3.05, 3.63) is 65.2 Å². The first-order valence-electron chi connectivity index (χ1n) is 10.2. The van der Waals surface area contributed by atoms with Crippen molar-refractivity contribution in [1.82, 2.24) is 14.8 Å². The molecule has 2 fully saturated rings. The molecular weight excluding hydrogens is 353 g/mol. The highest BCUT2D eigenvalue weighted by Gasteiger charge is 2.40. The zero-order valence-corrected chi connectivity index (χ0v) is 16.5. The van der Waals surface area contributed by atoms with Crippen LogP contribution in [0.2, 0.25) is 0 Å². The van der Waals surface area contributed by atoms with Gasteiger partial charge in [-0.3, -0.25) is 14.7 Å². The largest absolute Gasteiger partial charge is 0.338 e. The Balaban J connectivity index is 1.37. The van der Waals surface area contributed by atoms with Crippen LogP contribution in [0.5, 0.6) is 0 Å². The van der Waals surface area contributed by atoms with Crippen LogP contribution in [0.3, 0.4) is 0 Å². The molecule has 1 spiro atoms. The Kier molecular flexibility index (Phi) is 5.44. The second-order valence-corrected chi connectivity index (χ2v) is 8.52. The van der Waals surface area contributed by atoms with Gasteiger partial charge in [-0.25, -0.2) is 4.39 Å². The summed E-state index contributed by atoms with van der Waals surface area (Å²) in [5, 5.41) is 0. The van der Waals surface area contributed by atoms with Crippen LogP contribution in [0.4, 0.5) is 4.39 Å². The van der Waals surface area contributed by atoms with Crippen LogP contribution in [-0.2, 0) is 17.9 Å². The second kappa shape index (κ2) is 8.00. The van der Waals surface area contributed by atoms with Crippen LogP contribution in [0, 0.1) is 18.2 Å². The van der Waals surface area contributed by atoms with Gasteiger partial charge in [0.15, 0.2) is 0 Å². The van der Waals surface area contributed by atoms with Crippen molar-refractivity contribution >= 4 is 5.91 Å². The van der Waals surface area contributed by atoms with Gasteiger partial charge in [-0.1, -0.05) is 12.1 Å². The van der Waals surface area contributed by atoms with Crippen LogP contribution >= 0.6 is 0 Å². The van der Waals surface area contributed by atoms with Crippen LogP contribution < -0.4 is 0 Å². The van der Waals surface area contributed by atoms with Gasteiger partial charge >= 0.3 is 0 Å². The van der Waals surface area contributed by atoms with Crippen molar-refractivity contribution < 1.29 is 9.18 Å². The van der Waals surface area contributed by atoms with Gasteiger partial charge in [0, 0.05) is 38.4 Å². The molecule has 4 rings (SSSR count). The van der Waals surface area contributed by atoms with E-state index in [1.54, 1.807) is 18.3 Å². The van der Waals surface area contributed by atoms with Crippen molar-refractivity contribution in [2.45, 2.75) is 45.7 Å². The first-order chi connectivity index (χ1) is 13.5. The number of hydrogen-bond donors (Lipinski definition) is 0. The normalized spacial score (nSPS) is 19.9. The van der Waals surface area contributed by atoms with E-state index in [2.05, 4.69) is 16.0 Å². The lowest BCUT2D eigenvalue weighted by atomic mass is 9.72. The van der Waals surface area contributed by atoms with E-state index in [9.17, 15) is 9.18 Å². The highest BCUT2D eigenvalue weighted by Crippen LogP contribution is 2.40. The predicted molar refractivity (Wildman–Crippen MR) is 107 cm³/mol. The Morgan fingerprint density at radius 2 is 1.93 bits per heavy atom. The number of likely N-dealkylation sites (tertiary alicyclic amines) is 2. The maximum absolute atomic E-state index is 13.7. The summed E-state index contributed by atoms with van der Waals surface area (Å²) < 4.78 is 13.7. The molecule has 0 saturated carbocycles. The van der Waals surface area contributed by atoms with Gasteiger partial charge in [0.2, 0.25) is 5.91 Å². The summed E-state index contributed by atoms with van der Waals surface area (Å²) in [6, 6.07) is 9.25. The summed E-state index contributed by atoms with van der Waals surface area (Å²) in [4.78, 5) is 21.1. The van der Waals surface area contributed by atoms with Crippen LogP contribution in [0.15, 0.2) is 42.7 Å². The molecule has 0 aliphatic carbocycles. The molecule has 148 valence electrons. The highest BCUT2D eigenvalue weighted by atomic mass is 19.1. The Morgan fingerprint density at radius 3 is 2.64 bits per heavy atom. The van der Waals surface area contributed by atoms with Gasteiger partial charge in [-0.05, 0) is 79.6 Å². The average Bonchev–Trinajstić information content (AvgIpc) is 2.67. The number of aryl methyl sites for hydroxylation is 1. The summed E-state index contributed by atoms with van der Waals surface area (Å²) in [5.41, 5.74) is 3.34. The monoisotopic (exact) mass is 381 g/mol. The van der Waals surface area contributed by atoms with Crippen molar-refractivity contribution in [2.75, 3.05) is 19.6 Å². The minimum absolute atomic E-state index is 0.152. The summed E-state index contributed by atoms with van der Waals surface area (Å²) in [6.07, 6.45) is 7.43. The fourth-order valence-electron chi connectivity index (χ4n) is 4.71. The third-order valence-corrected chi connectivity index (χ3v) is 6.27. The molecule has 1 aromatic carbocycles. The molecule has 2 saturated heterocycles. The predicted octanol–water partition coefficient (Wildman–Crippen LogP) is 3.93. The zero-order chi connectivity index (χ0) is 19.6. The summed E-state index contributed by atoms with van der Waals surface area (Å²) in [7, 11) is 0. The van der Waals surface area contributed by atoms with Crippen LogP contribution in [-0.4, -0.2) is 40.3 Å². The topological polar surface area (TPSA) is 36.4 Å². The number of rotatable bonds is 4. The average molecular weight is 381 g/mol. The molecule has 0 radical (unpaired) electrons. The third-order valence-electron chi connectivity index (χ3n) is 6.27. The van der Waals surface area contributed by atoms with E-state index in [1.165, 1.54) is 0 Å². The second-order valence-electron chi connectivity index (χ2n) is 8.52. The van der Waals surface area contributed by atoms with Crippen molar-refractivity contribution in [1.29, 1.82) is 0 Å². The zero-order valence-electron chi connectivity index (χ0n) is 16.5. The quantitative estimate of drug-likeness (QED) is 0.805. The summed E-state index contributed by atoms with van der Waals surface area (Å²) in [5.74, 6) is 0.104. The van der Waals surface area contributed by atoms with Crippen LogP contribution in [0.25, 0.3) is 0 Å². The molecule has 0 bridgehead atoms. The fourth-order valence-corrected chi connectivity index (χ4v) is 4.71. The fraction of sp³-hybridized carbons (Fsp3) is 0.478. The molecule has 2 aliphatic rings. The van der Waals surface area contributed by atoms with Gasteiger partial charge in [-0.2, -0.15) is 0 Å². The van der Waals surface area contributed by atoms with Crippen molar-refractivity contribution in [3.63, 3.8) is 0 Å². The lowest BCUT2D eigenvalue weighted by Gasteiger charge is -2.47. The molecule has 5 heteroatoms. The van der Waals surface area contributed by atoms with E-state index in [4.69, 9.17) is 0 Å². The SMILES string of the molecule is Cc1cc(F)cc(CN2CCC3(CCC(=O)N(Cc4cccnc4)C3)CC2)c1. The van der Waals surface area contributed by atoms with Gasteiger partial charge in [0.25, 0.3) is 0 Å². The first-order valence-corrected chi connectivity index (χ1v) is 10.2. The molecule has 2 aromatic rings. The van der Waals surface area contributed by atoms with Gasteiger partial charge < -0.3 is 4.90 Å². The van der Waals surface area contributed by atoms with Crippen molar-refractivity contribution in [2.24, 2.45) is 5.41 Å². The molecular formula is C23H28FN3O. The molecule has 3 heterocycles. The number of carbonyl (C=O) groups is 1. The maximum atomic E-state index is 13.7. The van der Waals surface area contributed by atoms with Gasteiger partial charge in [-0.15, -0.1) is 0 Å². The number of amides is 1. The molecule has 1 aromatic heterocycles. The molecule has 28 heavy (non-hydrogen) atoms. The smallest absolute Gasteiger partial charge is 0.222 e. The standard InChI is InChI=1S/C23H28FN3O/c1-18-11-20(13-21(24)12-18)15-26-9-6-23(7-10-26)5-4-22(28)27(17-23)16-19-3-2-8-25-14-19/h2-3,8,11-14H,4-7,9-10,15-17H2,1H3. The van der Waals surface area contributed by atoms with E-state index in [-0.39, 0.29) is 17.1 Å². The molecule has 0 unspecified atom stereocenters. The summed E-state index contributed by atoms with van der Waals surface area (Å²) in [6.45, 7) is 6.24. The number of aromatic nitrogens is 1. The first kappa shape index (κ1) is 19.1. The van der Waals surface area contributed by atoms with Gasteiger partial charge in [0.05, 0.1) is 0 Å². The van der Waals surface area contributed by atoms with Crippen LogP contribution in [0.1, 0.15) is 42.4 Å². The lowest BCUT2D eigenvalue weighted by Crippen LogP contribution is -2.51. The molecule has 0 N–H and O–H groups in total. The van der Waals surface area contributed by atoms with E-state index in [0.717, 1.165) is 62.1 Å². The Bertz CT molecular complexity index is 811.